The molecule has 1 aromatic heterocycles. The summed E-state index contributed by atoms with van der Waals surface area (Å²) in [7, 11) is 0. The smallest absolute Gasteiger partial charge is 0.253 e. The third-order valence-corrected chi connectivity index (χ3v) is 7.28. The number of aromatic nitrogens is 2. The van der Waals surface area contributed by atoms with Crippen molar-refractivity contribution < 1.29 is 4.79 Å². The Morgan fingerprint density at radius 3 is 2.03 bits per heavy atom. The fraction of sp³-hybridized carbons (Fsp3) is 0.161. The fourth-order valence-corrected chi connectivity index (χ4v) is 5.31. The minimum absolute atomic E-state index is 0.0681. The Hall–Kier alpha value is -3.93. The van der Waals surface area contributed by atoms with Crippen LogP contribution >= 0.6 is 11.6 Å². The molecule has 0 spiro atoms. The molecule has 184 valence electrons. The van der Waals surface area contributed by atoms with Gasteiger partial charge in [-0.1, -0.05) is 84.4 Å². The molecule has 0 bridgehead atoms. The lowest BCUT2D eigenvalue weighted by Crippen LogP contribution is -2.49. The van der Waals surface area contributed by atoms with E-state index in [0.717, 1.165) is 35.5 Å². The zero-order valence-electron chi connectivity index (χ0n) is 20.3. The van der Waals surface area contributed by atoms with E-state index < -0.39 is 0 Å². The highest BCUT2D eigenvalue weighted by Gasteiger charge is 2.28. The number of imidazole rings is 1. The monoisotopic (exact) mass is 506 g/mol. The van der Waals surface area contributed by atoms with Crippen LogP contribution in [0, 0.1) is 0 Å². The minimum Gasteiger partial charge on any atom is -0.338 e. The molecule has 1 aliphatic heterocycles. The molecule has 1 aliphatic rings. The summed E-state index contributed by atoms with van der Waals surface area (Å²) in [5.41, 5.74) is 5.93. The second kappa shape index (κ2) is 10.2. The van der Waals surface area contributed by atoms with E-state index in [-0.39, 0.29) is 11.9 Å². The molecule has 0 atom stereocenters. The second-order valence-electron chi connectivity index (χ2n) is 9.38. The minimum atomic E-state index is 0.0681. The van der Waals surface area contributed by atoms with Gasteiger partial charge in [-0.05, 0) is 41.5 Å². The zero-order chi connectivity index (χ0) is 25.2. The van der Waals surface area contributed by atoms with Crippen LogP contribution in [0.3, 0.4) is 0 Å². The molecule has 0 aliphatic carbocycles. The summed E-state index contributed by atoms with van der Waals surface area (Å²) < 4.78 is 0. The van der Waals surface area contributed by atoms with E-state index in [1.54, 1.807) is 0 Å². The lowest BCUT2D eigenvalue weighted by molar-refractivity contribution is 0.0597. The number of hydrogen-bond donors (Lipinski definition) is 1. The van der Waals surface area contributed by atoms with Crippen LogP contribution in [0.15, 0.2) is 103 Å². The first-order chi connectivity index (χ1) is 18.2. The van der Waals surface area contributed by atoms with Gasteiger partial charge in [0.05, 0.1) is 17.1 Å². The van der Waals surface area contributed by atoms with Gasteiger partial charge in [0.1, 0.15) is 5.82 Å². The Bertz CT molecular complexity index is 1470. The largest absolute Gasteiger partial charge is 0.338 e. The van der Waals surface area contributed by atoms with Gasteiger partial charge in [0, 0.05) is 42.3 Å². The number of halogens is 1. The highest BCUT2D eigenvalue weighted by atomic mass is 35.5. The Balaban J connectivity index is 1.15. The van der Waals surface area contributed by atoms with E-state index in [4.69, 9.17) is 11.6 Å². The Kier molecular flexibility index (Phi) is 6.47. The number of rotatable bonds is 5. The van der Waals surface area contributed by atoms with Gasteiger partial charge >= 0.3 is 0 Å². The predicted molar refractivity (Wildman–Crippen MR) is 149 cm³/mol. The van der Waals surface area contributed by atoms with Gasteiger partial charge in [-0.15, -0.1) is 0 Å². The van der Waals surface area contributed by atoms with Crippen molar-refractivity contribution in [2.24, 2.45) is 0 Å². The standard InChI is InChI=1S/C31H27ClN4O/c32-26-15-16-27-28(21-26)34-30(33-27)24-11-13-25(14-12-24)31(37)36-19-17-35(18-20-36)29(22-7-3-1-4-8-22)23-9-5-2-6-10-23/h1-16,21,29H,17-20H2,(H,33,34). The van der Waals surface area contributed by atoms with E-state index in [1.165, 1.54) is 11.1 Å². The van der Waals surface area contributed by atoms with Crippen molar-refractivity contribution in [2.45, 2.75) is 6.04 Å². The first-order valence-electron chi connectivity index (χ1n) is 12.5. The van der Waals surface area contributed by atoms with E-state index in [9.17, 15) is 4.79 Å². The van der Waals surface area contributed by atoms with Gasteiger partial charge < -0.3 is 9.88 Å². The van der Waals surface area contributed by atoms with Gasteiger partial charge in [-0.3, -0.25) is 9.69 Å². The number of nitrogens with one attached hydrogen (secondary N) is 1. The highest BCUT2D eigenvalue weighted by molar-refractivity contribution is 6.31. The van der Waals surface area contributed by atoms with Crippen molar-refractivity contribution in [3.63, 3.8) is 0 Å². The predicted octanol–water partition coefficient (Wildman–Crippen LogP) is 6.43. The molecular weight excluding hydrogens is 480 g/mol. The maximum absolute atomic E-state index is 13.3. The normalized spacial score (nSPS) is 14.4. The SMILES string of the molecule is O=C(c1ccc(-c2nc3ccc(Cl)cc3[nH]2)cc1)N1CCN(C(c2ccccc2)c2ccccc2)CC1. The van der Waals surface area contributed by atoms with Gasteiger partial charge in [-0.25, -0.2) is 4.98 Å². The number of piperazine rings is 1. The van der Waals surface area contributed by atoms with Crippen LogP contribution in [0.5, 0.6) is 0 Å². The molecule has 0 unspecified atom stereocenters. The first kappa shape index (κ1) is 23.5. The molecular formula is C31H27ClN4O. The summed E-state index contributed by atoms with van der Waals surface area (Å²) >= 11 is 6.10. The van der Waals surface area contributed by atoms with Crippen molar-refractivity contribution in [1.29, 1.82) is 0 Å². The van der Waals surface area contributed by atoms with Gasteiger partial charge in [0.2, 0.25) is 0 Å². The topological polar surface area (TPSA) is 52.2 Å². The molecule has 0 radical (unpaired) electrons. The number of hydrogen-bond acceptors (Lipinski definition) is 3. The average Bonchev–Trinajstić information content (AvgIpc) is 3.38. The summed E-state index contributed by atoms with van der Waals surface area (Å²) in [6, 6.07) is 34.7. The van der Waals surface area contributed by atoms with Crippen LogP contribution in [0.1, 0.15) is 27.5 Å². The Morgan fingerprint density at radius 1 is 0.784 bits per heavy atom. The van der Waals surface area contributed by atoms with Crippen molar-refractivity contribution in [3.05, 3.63) is 125 Å². The van der Waals surface area contributed by atoms with E-state index in [2.05, 4.69) is 75.5 Å². The van der Waals surface area contributed by atoms with Gasteiger partial charge in [0.25, 0.3) is 5.91 Å². The molecule has 1 fully saturated rings. The molecule has 0 saturated carbocycles. The lowest BCUT2D eigenvalue weighted by atomic mass is 9.96. The number of H-pyrrole nitrogens is 1. The maximum Gasteiger partial charge on any atom is 0.253 e. The zero-order valence-corrected chi connectivity index (χ0v) is 21.1. The highest BCUT2D eigenvalue weighted by Crippen LogP contribution is 2.30. The van der Waals surface area contributed by atoms with Crippen LogP contribution in [0.4, 0.5) is 0 Å². The van der Waals surface area contributed by atoms with Crippen LogP contribution in [0.25, 0.3) is 22.4 Å². The molecule has 1 saturated heterocycles. The van der Waals surface area contributed by atoms with Gasteiger partial charge in [-0.2, -0.15) is 0 Å². The number of nitrogens with zero attached hydrogens (tertiary/aromatic N) is 3. The number of carbonyl (C=O) groups is 1. The molecule has 1 amide bonds. The number of fused-ring (bicyclic) bond motifs is 1. The molecule has 4 aromatic carbocycles. The van der Waals surface area contributed by atoms with Crippen LogP contribution < -0.4 is 0 Å². The number of benzene rings is 4. The van der Waals surface area contributed by atoms with Crippen molar-refractivity contribution in [2.75, 3.05) is 26.2 Å². The van der Waals surface area contributed by atoms with Crippen molar-refractivity contribution in [3.8, 4) is 11.4 Å². The number of aromatic amines is 1. The third kappa shape index (κ3) is 4.88. The van der Waals surface area contributed by atoms with E-state index >= 15 is 0 Å². The molecule has 6 heteroatoms. The molecule has 2 heterocycles. The first-order valence-corrected chi connectivity index (χ1v) is 12.9. The lowest BCUT2D eigenvalue weighted by Gasteiger charge is -2.39. The summed E-state index contributed by atoms with van der Waals surface area (Å²) in [5.74, 6) is 0.830. The number of carbonyl (C=O) groups excluding carboxylic acids is 1. The third-order valence-electron chi connectivity index (χ3n) is 7.05. The summed E-state index contributed by atoms with van der Waals surface area (Å²) in [5, 5.41) is 0.669. The summed E-state index contributed by atoms with van der Waals surface area (Å²) in [6.07, 6.45) is 0. The fourth-order valence-electron chi connectivity index (χ4n) is 5.14. The molecule has 5 aromatic rings. The summed E-state index contributed by atoms with van der Waals surface area (Å²) in [6.45, 7) is 3.03. The van der Waals surface area contributed by atoms with Crippen molar-refractivity contribution >= 4 is 28.5 Å². The van der Waals surface area contributed by atoms with Crippen molar-refractivity contribution in [1.82, 2.24) is 19.8 Å². The molecule has 1 N–H and O–H groups in total. The molecule has 6 rings (SSSR count). The van der Waals surface area contributed by atoms with Crippen LogP contribution in [-0.2, 0) is 0 Å². The van der Waals surface area contributed by atoms with Crippen LogP contribution in [-0.4, -0.2) is 51.9 Å². The maximum atomic E-state index is 13.3. The van der Waals surface area contributed by atoms with Gasteiger partial charge in [0.15, 0.2) is 0 Å². The molecule has 37 heavy (non-hydrogen) atoms. The Morgan fingerprint density at radius 2 is 1.41 bits per heavy atom. The molecule has 5 nitrogen and oxygen atoms in total. The van der Waals surface area contributed by atoms with Crippen LogP contribution in [0.2, 0.25) is 5.02 Å². The Labute approximate surface area is 221 Å². The number of amides is 1. The van der Waals surface area contributed by atoms with E-state index in [0.29, 0.717) is 23.7 Å². The second-order valence-corrected chi connectivity index (χ2v) is 9.81. The average molecular weight is 507 g/mol. The quantitative estimate of drug-likeness (QED) is 0.299. The van der Waals surface area contributed by atoms with E-state index in [1.807, 2.05) is 47.4 Å². The summed E-state index contributed by atoms with van der Waals surface area (Å²) in [4.78, 5) is 25.7.